The molecule has 1 fully saturated rings. The van der Waals surface area contributed by atoms with Crippen LogP contribution in [0.15, 0.2) is 24.3 Å². The summed E-state index contributed by atoms with van der Waals surface area (Å²) < 4.78 is 4.95. The van der Waals surface area contributed by atoms with Gasteiger partial charge in [0.25, 0.3) is 11.8 Å². The Bertz CT molecular complexity index is 524. The first-order valence-corrected chi connectivity index (χ1v) is 8.04. The van der Waals surface area contributed by atoms with Crippen molar-refractivity contribution in [1.82, 2.24) is 10.2 Å². The molecule has 1 aliphatic rings. The van der Waals surface area contributed by atoms with E-state index < -0.39 is 6.10 Å². The molecule has 1 atom stereocenters. The SMILES string of the molecule is CO[C@H](C)C(=O)Nc1ccc(C(=O)NCCN2CCCC2)cc1. The molecular formula is C17H25N3O3. The standard InChI is InChI=1S/C17H25N3O3/c1-13(23-2)16(21)19-15-7-5-14(6-8-15)17(22)18-9-12-20-10-3-4-11-20/h5-8,13H,3-4,9-12H2,1-2H3,(H,18,22)(H,19,21)/t13-/m1/s1. The van der Waals surface area contributed by atoms with E-state index in [-0.39, 0.29) is 11.8 Å². The molecule has 0 unspecified atom stereocenters. The molecule has 1 aromatic rings. The Labute approximate surface area is 137 Å². The summed E-state index contributed by atoms with van der Waals surface area (Å²) in [7, 11) is 1.49. The zero-order chi connectivity index (χ0) is 16.7. The van der Waals surface area contributed by atoms with Gasteiger partial charge in [-0.25, -0.2) is 0 Å². The van der Waals surface area contributed by atoms with Crippen molar-refractivity contribution in [3.05, 3.63) is 29.8 Å². The van der Waals surface area contributed by atoms with Crippen LogP contribution in [-0.2, 0) is 9.53 Å². The largest absolute Gasteiger partial charge is 0.372 e. The molecule has 1 saturated heterocycles. The molecule has 0 saturated carbocycles. The molecule has 6 heteroatoms. The van der Waals surface area contributed by atoms with Crippen LogP contribution in [0.4, 0.5) is 5.69 Å². The average molecular weight is 319 g/mol. The molecule has 0 aromatic heterocycles. The highest BCUT2D eigenvalue weighted by molar-refractivity contribution is 5.96. The highest BCUT2D eigenvalue weighted by Crippen LogP contribution is 2.10. The predicted octanol–water partition coefficient (Wildman–Crippen LogP) is 1.49. The number of hydrogen-bond donors (Lipinski definition) is 2. The summed E-state index contributed by atoms with van der Waals surface area (Å²) in [5.41, 5.74) is 1.23. The van der Waals surface area contributed by atoms with Crippen LogP contribution in [0.2, 0.25) is 0 Å². The number of benzene rings is 1. The fraction of sp³-hybridized carbons (Fsp3) is 0.529. The topological polar surface area (TPSA) is 70.7 Å². The molecule has 2 N–H and O–H groups in total. The maximum atomic E-state index is 12.1. The predicted molar refractivity (Wildman–Crippen MR) is 89.5 cm³/mol. The second-order valence-electron chi connectivity index (χ2n) is 5.75. The van der Waals surface area contributed by atoms with Crippen molar-refractivity contribution in [2.24, 2.45) is 0 Å². The van der Waals surface area contributed by atoms with Crippen LogP contribution in [0.3, 0.4) is 0 Å². The van der Waals surface area contributed by atoms with Crippen LogP contribution in [0.1, 0.15) is 30.1 Å². The van der Waals surface area contributed by atoms with Crippen molar-refractivity contribution in [2.75, 3.05) is 38.6 Å². The molecule has 0 aliphatic carbocycles. The van der Waals surface area contributed by atoms with E-state index in [0.717, 1.165) is 19.6 Å². The monoisotopic (exact) mass is 319 g/mol. The molecule has 0 spiro atoms. The summed E-state index contributed by atoms with van der Waals surface area (Å²) in [5, 5.41) is 5.66. The fourth-order valence-corrected chi connectivity index (χ4v) is 2.49. The van der Waals surface area contributed by atoms with Gasteiger partial charge in [0.15, 0.2) is 0 Å². The summed E-state index contributed by atoms with van der Waals surface area (Å²) in [6.45, 7) is 5.49. The Morgan fingerprint density at radius 2 is 1.87 bits per heavy atom. The number of carbonyl (C=O) groups excluding carboxylic acids is 2. The van der Waals surface area contributed by atoms with Gasteiger partial charge in [0.2, 0.25) is 0 Å². The maximum Gasteiger partial charge on any atom is 0.253 e. The summed E-state index contributed by atoms with van der Waals surface area (Å²) in [4.78, 5) is 26.1. The van der Waals surface area contributed by atoms with Crippen LogP contribution in [0.25, 0.3) is 0 Å². The highest BCUT2D eigenvalue weighted by Gasteiger charge is 2.13. The Balaban J connectivity index is 1.78. The number of rotatable bonds is 7. The van der Waals surface area contributed by atoms with E-state index in [2.05, 4.69) is 15.5 Å². The molecule has 6 nitrogen and oxygen atoms in total. The number of methoxy groups -OCH3 is 1. The first kappa shape index (κ1) is 17.4. The molecular weight excluding hydrogens is 294 g/mol. The summed E-state index contributed by atoms with van der Waals surface area (Å²) in [6, 6.07) is 6.85. The van der Waals surface area contributed by atoms with Crippen LogP contribution in [0.5, 0.6) is 0 Å². The molecule has 23 heavy (non-hydrogen) atoms. The van der Waals surface area contributed by atoms with E-state index in [0.29, 0.717) is 17.8 Å². The third kappa shape index (κ3) is 5.33. The molecule has 0 bridgehead atoms. The zero-order valence-electron chi connectivity index (χ0n) is 13.8. The van der Waals surface area contributed by atoms with E-state index in [9.17, 15) is 9.59 Å². The zero-order valence-corrected chi connectivity index (χ0v) is 13.8. The number of likely N-dealkylation sites (tertiary alicyclic amines) is 1. The van der Waals surface area contributed by atoms with Crippen molar-refractivity contribution < 1.29 is 14.3 Å². The summed E-state index contributed by atoms with van der Waals surface area (Å²) in [5.74, 6) is -0.303. The molecule has 1 aliphatic heterocycles. The number of carbonyl (C=O) groups is 2. The minimum atomic E-state index is -0.511. The van der Waals surface area contributed by atoms with Gasteiger partial charge in [-0.05, 0) is 57.1 Å². The lowest BCUT2D eigenvalue weighted by molar-refractivity contribution is -0.124. The smallest absolute Gasteiger partial charge is 0.253 e. The van der Waals surface area contributed by atoms with Gasteiger partial charge in [0, 0.05) is 31.5 Å². The van der Waals surface area contributed by atoms with Gasteiger partial charge in [-0.1, -0.05) is 0 Å². The normalized spacial score (nSPS) is 16.1. The van der Waals surface area contributed by atoms with Crippen molar-refractivity contribution >= 4 is 17.5 Å². The molecule has 2 rings (SSSR count). The van der Waals surface area contributed by atoms with E-state index in [1.54, 1.807) is 31.2 Å². The van der Waals surface area contributed by atoms with Crippen molar-refractivity contribution in [3.8, 4) is 0 Å². The van der Waals surface area contributed by atoms with Crippen molar-refractivity contribution in [1.29, 1.82) is 0 Å². The number of anilines is 1. The van der Waals surface area contributed by atoms with Gasteiger partial charge >= 0.3 is 0 Å². The van der Waals surface area contributed by atoms with E-state index >= 15 is 0 Å². The lowest BCUT2D eigenvalue weighted by atomic mass is 10.2. The second-order valence-corrected chi connectivity index (χ2v) is 5.75. The number of amides is 2. The molecule has 2 amide bonds. The fourth-order valence-electron chi connectivity index (χ4n) is 2.49. The minimum absolute atomic E-state index is 0.0904. The number of hydrogen-bond acceptors (Lipinski definition) is 4. The number of nitrogens with zero attached hydrogens (tertiary/aromatic N) is 1. The van der Waals surface area contributed by atoms with Crippen molar-refractivity contribution in [2.45, 2.75) is 25.9 Å². The first-order valence-electron chi connectivity index (χ1n) is 8.04. The van der Waals surface area contributed by atoms with Gasteiger partial charge in [-0.3, -0.25) is 9.59 Å². The van der Waals surface area contributed by atoms with E-state index in [4.69, 9.17) is 4.74 Å². The average Bonchev–Trinajstić information content (AvgIpc) is 3.08. The number of nitrogens with one attached hydrogen (secondary N) is 2. The maximum absolute atomic E-state index is 12.1. The molecule has 126 valence electrons. The van der Waals surface area contributed by atoms with Crippen LogP contribution in [0, 0.1) is 0 Å². The Morgan fingerprint density at radius 3 is 2.48 bits per heavy atom. The summed E-state index contributed by atoms with van der Waals surface area (Å²) in [6.07, 6.45) is 1.99. The van der Waals surface area contributed by atoms with Crippen LogP contribution >= 0.6 is 0 Å². The summed E-state index contributed by atoms with van der Waals surface area (Å²) >= 11 is 0. The van der Waals surface area contributed by atoms with Gasteiger partial charge < -0.3 is 20.3 Å². The molecule has 1 heterocycles. The second kappa shape index (κ2) is 8.64. The Kier molecular flexibility index (Phi) is 6.55. The van der Waals surface area contributed by atoms with Crippen molar-refractivity contribution in [3.63, 3.8) is 0 Å². The van der Waals surface area contributed by atoms with E-state index in [1.807, 2.05) is 0 Å². The third-order valence-electron chi connectivity index (χ3n) is 4.05. The van der Waals surface area contributed by atoms with Gasteiger partial charge in [-0.2, -0.15) is 0 Å². The van der Waals surface area contributed by atoms with Gasteiger partial charge in [-0.15, -0.1) is 0 Å². The molecule has 0 radical (unpaired) electrons. The Hall–Kier alpha value is -1.92. The van der Waals surface area contributed by atoms with E-state index in [1.165, 1.54) is 20.0 Å². The van der Waals surface area contributed by atoms with Gasteiger partial charge in [0.1, 0.15) is 6.10 Å². The highest BCUT2D eigenvalue weighted by atomic mass is 16.5. The lowest BCUT2D eigenvalue weighted by Crippen LogP contribution is -2.33. The van der Waals surface area contributed by atoms with Gasteiger partial charge in [0.05, 0.1) is 0 Å². The Morgan fingerprint density at radius 1 is 1.22 bits per heavy atom. The molecule has 1 aromatic carbocycles. The lowest BCUT2D eigenvalue weighted by Gasteiger charge is -2.15. The quantitative estimate of drug-likeness (QED) is 0.799. The number of ether oxygens (including phenoxy) is 1. The minimum Gasteiger partial charge on any atom is -0.372 e. The third-order valence-corrected chi connectivity index (χ3v) is 4.05. The van der Waals surface area contributed by atoms with Crippen LogP contribution in [-0.4, -0.2) is 56.1 Å². The first-order chi connectivity index (χ1) is 11.1. The van der Waals surface area contributed by atoms with Crippen LogP contribution < -0.4 is 10.6 Å².